The molecule has 0 bridgehead atoms. The Morgan fingerprint density at radius 2 is 0.407 bits per heavy atom. The first-order valence-corrected chi connectivity index (χ1v) is 28.6. The van der Waals surface area contributed by atoms with Gasteiger partial charge in [0.25, 0.3) is 0 Å². The van der Waals surface area contributed by atoms with Crippen molar-refractivity contribution in [1.82, 2.24) is 0 Å². The van der Waals surface area contributed by atoms with Gasteiger partial charge in [0.2, 0.25) is 5.41 Å². The largest absolute Gasteiger partial charge is 0.508 e. The number of allylic oxidation sites excluding steroid dienone is 4. The van der Waals surface area contributed by atoms with Crippen molar-refractivity contribution in [3.63, 3.8) is 0 Å². The van der Waals surface area contributed by atoms with Gasteiger partial charge in [-0.3, -0.25) is 19.2 Å². The summed E-state index contributed by atoms with van der Waals surface area (Å²) in [5, 5.41) is 46.0. The molecule has 0 heterocycles. The lowest BCUT2D eigenvalue weighted by Gasteiger charge is -2.36. The normalized spacial score (nSPS) is 13.2. The molecule has 0 aliphatic rings. The fourth-order valence-electron chi connectivity index (χ4n) is 12.5. The Labute approximate surface area is 488 Å². The van der Waals surface area contributed by atoms with Crippen LogP contribution in [0.3, 0.4) is 0 Å². The van der Waals surface area contributed by atoms with E-state index >= 15 is 19.2 Å². The second-order valence-electron chi connectivity index (χ2n) is 31.2. The highest BCUT2D eigenvalue weighted by Gasteiger charge is 2.60. The SMILES string of the molecule is C=C(Cc1ccc(O)c(C(C)(C)C)c1C(C)(C)C)C(=O)C(C(=O)C(=C)Cc1ccc(O)c(C(C)(C)C)c1C(C)(C)C)(C(=O)C(=C)Cc1ccc(O)c(C(C)(C)C)c1C(C)(C)C)C(=O)C(=C)Cc1ccc(O)c(C(C)(C)C)c1C(C)(C)C. The molecule has 0 atom stereocenters. The first-order valence-electron chi connectivity index (χ1n) is 28.6. The highest BCUT2D eigenvalue weighted by atomic mass is 16.3. The summed E-state index contributed by atoms with van der Waals surface area (Å²) in [6.45, 7) is 65.4. The standard InChI is InChI=1S/C73H100O8/c1-41(37-45-29-33-49(74)57(69(17,18)19)53(45)65(5,6)7)61(78)73(62(79)42(2)38-46-30-34-50(75)58(70(20,21)22)54(46)66(8,9)10,63(80)43(3)39-47-31-35-51(76)59(71(23,24)25)55(47)67(11,12)13)64(81)44(4)40-48-32-36-52(77)60(72(26,27)28)56(48)68(14,15)16/h29-36,74-77H,1-4,37-40H2,5-28H3. The molecule has 440 valence electrons. The fourth-order valence-corrected chi connectivity index (χ4v) is 12.5. The lowest BCUT2D eigenvalue weighted by atomic mass is 9.62. The average Bonchev–Trinajstić information content (AvgIpc) is 3.27. The Morgan fingerprint density at radius 1 is 0.272 bits per heavy atom. The van der Waals surface area contributed by atoms with Gasteiger partial charge in [-0.05, 0) is 134 Å². The number of hydrogen-bond donors (Lipinski definition) is 4. The van der Waals surface area contributed by atoms with E-state index in [9.17, 15) is 20.4 Å². The van der Waals surface area contributed by atoms with Crippen molar-refractivity contribution in [2.45, 2.75) is 235 Å². The van der Waals surface area contributed by atoms with E-state index in [-0.39, 0.29) is 71.0 Å². The maximum atomic E-state index is 16.6. The number of aromatic hydroxyl groups is 4. The molecule has 0 aliphatic carbocycles. The van der Waals surface area contributed by atoms with E-state index in [2.05, 4.69) is 26.3 Å². The van der Waals surface area contributed by atoms with E-state index < -0.39 is 71.9 Å². The number of carbonyl (C=O) groups is 4. The van der Waals surface area contributed by atoms with E-state index in [4.69, 9.17) is 0 Å². The van der Waals surface area contributed by atoms with Crippen LogP contribution in [0.25, 0.3) is 0 Å². The van der Waals surface area contributed by atoms with Crippen molar-refractivity contribution >= 4 is 23.1 Å². The van der Waals surface area contributed by atoms with Crippen molar-refractivity contribution < 1.29 is 39.6 Å². The van der Waals surface area contributed by atoms with Crippen LogP contribution in [-0.4, -0.2) is 43.6 Å². The summed E-state index contributed by atoms with van der Waals surface area (Å²) in [5.41, 5.74) is -0.663. The molecule has 4 aromatic carbocycles. The highest BCUT2D eigenvalue weighted by Crippen LogP contribution is 2.48. The molecule has 8 heteroatoms. The first-order chi connectivity index (χ1) is 36.3. The highest BCUT2D eigenvalue weighted by molar-refractivity contribution is 6.48. The quantitative estimate of drug-likeness (QED) is 0.0640. The zero-order valence-electron chi connectivity index (χ0n) is 54.2. The molecule has 0 aromatic heterocycles. The van der Waals surface area contributed by atoms with E-state index in [1.54, 1.807) is 48.5 Å². The number of phenolic OH excluding ortho intramolecular Hbond substituents is 4. The number of phenols is 4. The van der Waals surface area contributed by atoms with Crippen LogP contribution in [0.15, 0.2) is 97.1 Å². The first kappa shape index (κ1) is 67.2. The summed E-state index contributed by atoms with van der Waals surface area (Å²) in [7, 11) is 0. The summed E-state index contributed by atoms with van der Waals surface area (Å²) >= 11 is 0. The Bertz CT molecular complexity index is 2780. The van der Waals surface area contributed by atoms with Gasteiger partial charge in [-0.15, -0.1) is 0 Å². The molecule has 0 spiro atoms. The Morgan fingerprint density at radius 3 is 0.531 bits per heavy atom. The maximum Gasteiger partial charge on any atom is 0.220 e. The minimum atomic E-state index is -3.21. The smallest absolute Gasteiger partial charge is 0.220 e. The lowest BCUT2D eigenvalue weighted by Crippen LogP contribution is -2.55. The topological polar surface area (TPSA) is 149 Å². The molecule has 0 aliphatic heterocycles. The van der Waals surface area contributed by atoms with Crippen LogP contribution in [0.2, 0.25) is 0 Å². The van der Waals surface area contributed by atoms with Gasteiger partial charge in [0, 0.05) is 47.9 Å². The molecule has 8 nitrogen and oxygen atoms in total. The van der Waals surface area contributed by atoms with Gasteiger partial charge in [-0.1, -0.05) is 217 Å². The molecule has 0 saturated carbocycles. The third kappa shape index (κ3) is 13.8. The summed E-state index contributed by atoms with van der Waals surface area (Å²) < 4.78 is 0. The number of carbonyl (C=O) groups excluding carboxylic acids is 4. The minimum Gasteiger partial charge on any atom is -0.508 e. The zero-order valence-corrected chi connectivity index (χ0v) is 54.2. The Balaban J connectivity index is 2.26. The van der Waals surface area contributed by atoms with E-state index in [0.717, 1.165) is 22.3 Å². The molecule has 0 amide bonds. The second kappa shape index (κ2) is 22.5. The van der Waals surface area contributed by atoms with E-state index in [1.165, 1.54) is 0 Å². The molecule has 4 rings (SSSR count). The van der Waals surface area contributed by atoms with Crippen LogP contribution >= 0.6 is 0 Å². The van der Waals surface area contributed by atoms with Crippen LogP contribution in [0.4, 0.5) is 0 Å². The van der Waals surface area contributed by atoms with Crippen LogP contribution in [0.1, 0.15) is 233 Å². The van der Waals surface area contributed by atoms with Gasteiger partial charge in [0.15, 0.2) is 23.1 Å². The van der Waals surface area contributed by atoms with E-state index in [0.29, 0.717) is 44.5 Å². The predicted molar refractivity (Wildman–Crippen MR) is 336 cm³/mol. The zero-order chi connectivity index (χ0) is 62.8. The number of hydrogen-bond acceptors (Lipinski definition) is 8. The second-order valence-corrected chi connectivity index (χ2v) is 31.2. The summed E-state index contributed by atoms with van der Waals surface area (Å²) in [4.78, 5) is 66.4. The predicted octanol–water partition coefficient (Wildman–Crippen LogP) is 16.6. The van der Waals surface area contributed by atoms with Crippen LogP contribution in [0.5, 0.6) is 23.0 Å². The average molecular weight is 1110 g/mol. The minimum absolute atomic E-state index is 0.0716. The fraction of sp³-hybridized carbons (Fsp3) is 0.507. The molecule has 81 heavy (non-hydrogen) atoms. The third-order valence-electron chi connectivity index (χ3n) is 15.3. The van der Waals surface area contributed by atoms with Crippen molar-refractivity contribution in [3.8, 4) is 23.0 Å². The van der Waals surface area contributed by atoms with Gasteiger partial charge in [0.05, 0.1) is 0 Å². The van der Waals surface area contributed by atoms with Crippen LogP contribution in [-0.2, 0) is 88.2 Å². The molecular weight excluding hydrogens is 1000 g/mol. The summed E-state index contributed by atoms with van der Waals surface area (Å²) in [5.74, 6) is -4.26. The maximum absolute atomic E-state index is 16.6. The van der Waals surface area contributed by atoms with Crippen molar-refractivity contribution in [1.29, 1.82) is 0 Å². The van der Waals surface area contributed by atoms with Crippen molar-refractivity contribution in [2.75, 3.05) is 0 Å². The van der Waals surface area contributed by atoms with Crippen molar-refractivity contribution in [3.05, 3.63) is 164 Å². The van der Waals surface area contributed by atoms with Gasteiger partial charge in [0.1, 0.15) is 23.0 Å². The van der Waals surface area contributed by atoms with Gasteiger partial charge in [-0.2, -0.15) is 0 Å². The van der Waals surface area contributed by atoms with E-state index in [1.807, 2.05) is 166 Å². The number of Topliss-reactive ketones (excluding diaryl/α,β-unsaturated/α-hetero) is 4. The molecule has 4 N–H and O–H groups in total. The van der Waals surface area contributed by atoms with Gasteiger partial charge in [-0.25, -0.2) is 0 Å². The van der Waals surface area contributed by atoms with Gasteiger partial charge >= 0.3 is 0 Å². The molecule has 0 saturated heterocycles. The van der Waals surface area contributed by atoms with Gasteiger partial charge < -0.3 is 20.4 Å². The number of ketones is 4. The molecular formula is C73H100O8. The Kier molecular flexibility index (Phi) is 18.6. The van der Waals surface area contributed by atoms with Crippen molar-refractivity contribution in [2.24, 2.45) is 5.41 Å². The summed E-state index contributed by atoms with van der Waals surface area (Å²) in [6, 6.07) is 13.2. The number of rotatable bonds is 16. The van der Waals surface area contributed by atoms with Crippen LogP contribution in [0, 0.1) is 5.41 Å². The molecule has 0 unspecified atom stereocenters. The monoisotopic (exact) mass is 1100 g/mol. The third-order valence-corrected chi connectivity index (χ3v) is 15.3. The summed E-state index contributed by atoms with van der Waals surface area (Å²) in [6.07, 6.45) is -0.837. The lowest BCUT2D eigenvalue weighted by molar-refractivity contribution is -0.150. The Hall–Kier alpha value is -6.28. The van der Waals surface area contributed by atoms with Crippen LogP contribution < -0.4 is 0 Å². The molecule has 0 fully saturated rings. The molecule has 0 radical (unpaired) electrons. The number of benzene rings is 4. The molecule has 4 aromatic rings.